The number of pyridine rings is 1. The third kappa shape index (κ3) is 4.94. The number of carboxylic acid groups (broad SMARTS) is 1. The van der Waals surface area contributed by atoms with Crippen molar-refractivity contribution in [3.63, 3.8) is 0 Å². The number of aromatic nitrogens is 4. The fourth-order valence-electron chi connectivity index (χ4n) is 6.53. The monoisotopic (exact) mass is 588 g/mol. The molecule has 2 aliphatic heterocycles. The van der Waals surface area contributed by atoms with Crippen LogP contribution in [0, 0.1) is 13.8 Å². The predicted octanol–water partition coefficient (Wildman–Crippen LogP) is 4.63. The Morgan fingerprint density at radius 3 is 2.76 bits per heavy atom. The van der Waals surface area contributed by atoms with E-state index in [1.807, 2.05) is 55.8 Å². The van der Waals surface area contributed by atoms with E-state index in [2.05, 4.69) is 20.2 Å². The van der Waals surface area contributed by atoms with Crippen molar-refractivity contribution < 1.29 is 18.3 Å². The minimum atomic E-state index is -3.81. The van der Waals surface area contributed by atoms with Crippen LogP contribution < -0.4 is 4.90 Å². The number of sulfonamides is 1. The van der Waals surface area contributed by atoms with Crippen LogP contribution in [0.3, 0.4) is 0 Å². The van der Waals surface area contributed by atoms with Crippen LogP contribution in [0.2, 0.25) is 0 Å². The van der Waals surface area contributed by atoms with Gasteiger partial charge in [0.25, 0.3) is 0 Å². The van der Waals surface area contributed by atoms with E-state index in [-0.39, 0.29) is 23.9 Å². The molecular formula is C31H36N6O4S. The summed E-state index contributed by atoms with van der Waals surface area (Å²) in [5.74, 6) is -0.796. The van der Waals surface area contributed by atoms with E-state index < -0.39 is 21.9 Å². The largest absolute Gasteiger partial charge is 0.481 e. The third-order valence-corrected chi connectivity index (χ3v) is 10.7. The minimum absolute atomic E-state index is 0.0545. The second-order valence-corrected chi connectivity index (χ2v) is 13.3. The Balaban J connectivity index is 1.40. The van der Waals surface area contributed by atoms with Gasteiger partial charge in [-0.3, -0.25) is 4.79 Å². The summed E-state index contributed by atoms with van der Waals surface area (Å²) in [7, 11) is -3.81. The number of aliphatic carboxylic acids is 1. The molecule has 0 amide bonds. The molecule has 2 atom stereocenters. The SMILES string of the molecule is CCn1nnc2c(C)c([C@H](CC(=O)O)c3ccc(C)c(CN4C[C@H]5CCCCN5c5ncccc5S4(=O)=O)c3)ccc21. The van der Waals surface area contributed by atoms with Gasteiger partial charge in [0, 0.05) is 44.3 Å². The van der Waals surface area contributed by atoms with E-state index in [9.17, 15) is 18.3 Å². The van der Waals surface area contributed by atoms with E-state index in [0.717, 1.165) is 64.7 Å². The lowest BCUT2D eigenvalue weighted by Crippen LogP contribution is -2.45. The second kappa shape index (κ2) is 11.1. The quantitative estimate of drug-likeness (QED) is 0.332. The highest BCUT2D eigenvalue weighted by Crippen LogP contribution is 2.37. The zero-order chi connectivity index (χ0) is 29.6. The fourth-order valence-corrected chi connectivity index (χ4v) is 8.14. The van der Waals surface area contributed by atoms with E-state index in [1.54, 1.807) is 22.6 Å². The molecule has 1 fully saturated rings. The summed E-state index contributed by atoms with van der Waals surface area (Å²) < 4.78 is 31.5. The molecule has 1 saturated heterocycles. The summed E-state index contributed by atoms with van der Waals surface area (Å²) in [6.07, 6.45) is 4.53. The molecule has 2 aliphatic rings. The van der Waals surface area contributed by atoms with Crippen LogP contribution in [0.25, 0.3) is 11.0 Å². The lowest BCUT2D eigenvalue weighted by atomic mass is 9.84. The molecule has 42 heavy (non-hydrogen) atoms. The van der Waals surface area contributed by atoms with Crippen LogP contribution in [0.1, 0.15) is 66.3 Å². The summed E-state index contributed by atoms with van der Waals surface area (Å²) >= 11 is 0. The van der Waals surface area contributed by atoms with Gasteiger partial charge in [-0.15, -0.1) is 5.10 Å². The molecule has 2 aromatic carbocycles. The van der Waals surface area contributed by atoms with Crippen LogP contribution >= 0.6 is 0 Å². The summed E-state index contributed by atoms with van der Waals surface area (Å²) in [6, 6.07) is 13.2. The van der Waals surface area contributed by atoms with Gasteiger partial charge in [-0.25, -0.2) is 18.1 Å². The first-order valence-electron chi connectivity index (χ1n) is 14.5. The van der Waals surface area contributed by atoms with Gasteiger partial charge >= 0.3 is 5.97 Å². The second-order valence-electron chi connectivity index (χ2n) is 11.4. The van der Waals surface area contributed by atoms with Crippen molar-refractivity contribution in [1.29, 1.82) is 0 Å². The number of benzene rings is 2. The van der Waals surface area contributed by atoms with Crippen molar-refractivity contribution in [2.24, 2.45) is 0 Å². The topological polar surface area (TPSA) is 122 Å². The Morgan fingerprint density at radius 2 is 1.98 bits per heavy atom. The lowest BCUT2D eigenvalue weighted by molar-refractivity contribution is -0.137. The van der Waals surface area contributed by atoms with Crippen LogP contribution in [0.15, 0.2) is 53.6 Å². The summed E-state index contributed by atoms with van der Waals surface area (Å²) in [5.41, 5.74) is 6.10. The summed E-state index contributed by atoms with van der Waals surface area (Å²) in [4.78, 5) is 19.0. The van der Waals surface area contributed by atoms with E-state index in [4.69, 9.17) is 0 Å². The van der Waals surface area contributed by atoms with Gasteiger partial charge in [-0.05, 0) is 86.1 Å². The minimum Gasteiger partial charge on any atom is -0.481 e. The molecule has 6 rings (SSSR count). The van der Waals surface area contributed by atoms with Crippen LogP contribution in [-0.2, 0) is 27.9 Å². The molecule has 0 aliphatic carbocycles. The van der Waals surface area contributed by atoms with Gasteiger partial charge in [0.15, 0.2) is 0 Å². The van der Waals surface area contributed by atoms with Gasteiger partial charge in [-0.1, -0.05) is 29.5 Å². The smallest absolute Gasteiger partial charge is 0.304 e. The predicted molar refractivity (Wildman–Crippen MR) is 160 cm³/mol. The maximum Gasteiger partial charge on any atom is 0.304 e. The van der Waals surface area contributed by atoms with E-state index in [0.29, 0.717) is 18.9 Å². The van der Waals surface area contributed by atoms with Crippen molar-refractivity contribution in [1.82, 2.24) is 24.3 Å². The number of anilines is 1. The number of rotatable bonds is 7. The maximum atomic E-state index is 14.0. The maximum absolute atomic E-state index is 14.0. The Morgan fingerprint density at radius 1 is 1.14 bits per heavy atom. The zero-order valence-corrected chi connectivity index (χ0v) is 25.0. The average Bonchev–Trinajstić information content (AvgIpc) is 3.38. The number of fused-ring (bicyclic) bond motifs is 4. The normalized spacial score (nSPS) is 19.2. The molecule has 1 N–H and O–H groups in total. The van der Waals surface area contributed by atoms with Crippen LogP contribution in [-0.4, -0.2) is 62.9 Å². The highest BCUT2D eigenvalue weighted by atomic mass is 32.2. The van der Waals surface area contributed by atoms with Gasteiger partial charge < -0.3 is 10.0 Å². The summed E-state index contributed by atoms with van der Waals surface area (Å²) in [5, 5.41) is 18.5. The standard InChI is InChI=1S/C31H36N6O4S/c1-4-37-27-13-12-25(21(3)30(27)33-34-37)26(17-29(38)39)22-11-10-20(2)23(16-22)18-35-19-24-8-5-6-15-36(24)31-28(42(35,40)41)9-7-14-32-31/h7,9-14,16,24,26H,4-6,8,15,17-19H2,1-3H3,(H,38,39)/t24-,26-/m1/s1. The number of aryl methyl sites for hydroxylation is 3. The molecule has 11 heteroatoms. The highest BCUT2D eigenvalue weighted by Gasteiger charge is 2.39. The zero-order valence-electron chi connectivity index (χ0n) is 24.2. The third-order valence-electron chi connectivity index (χ3n) is 8.84. The first-order chi connectivity index (χ1) is 20.2. The molecule has 220 valence electrons. The van der Waals surface area contributed by atoms with Crippen LogP contribution in [0.5, 0.6) is 0 Å². The fraction of sp³-hybridized carbons (Fsp3) is 0.419. The van der Waals surface area contributed by atoms with Crippen molar-refractivity contribution >= 4 is 32.8 Å². The van der Waals surface area contributed by atoms with E-state index >= 15 is 0 Å². The molecular weight excluding hydrogens is 552 g/mol. The molecule has 10 nitrogen and oxygen atoms in total. The molecule has 0 unspecified atom stereocenters. The highest BCUT2D eigenvalue weighted by molar-refractivity contribution is 7.89. The molecule has 0 spiro atoms. The average molecular weight is 589 g/mol. The molecule has 0 radical (unpaired) electrons. The molecule has 4 aromatic rings. The number of nitrogens with zero attached hydrogens (tertiary/aromatic N) is 6. The van der Waals surface area contributed by atoms with E-state index in [1.165, 1.54) is 0 Å². The van der Waals surface area contributed by atoms with Crippen molar-refractivity contribution in [3.05, 3.63) is 76.5 Å². The Labute approximate surface area is 246 Å². The lowest BCUT2D eigenvalue weighted by Gasteiger charge is -2.36. The number of carboxylic acids is 1. The number of carbonyl (C=O) groups is 1. The van der Waals surface area contributed by atoms with Gasteiger partial charge in [0.1, 0.15) is 16.2 Å². The van der Waals surface area contributed by atoms with Crippen molar-refractivity contribution in [3.8, 4) is 0 Å². The molecule has 2 aromatic heterocycles. The number of hydrogen-bond donors (Lipinski definition) is 1. The molecule has 0 saturated carbocycles. The van der Waals surface area contributed by atoms with Crippen molar-refractivity contribution in [2.75, 3.05) is 18.0 Å². The van der Waals surface area contributed by atoms with Crippen LogP contribution in [0.4, 0.5) is 5.82 Å². The first-order valence-corrected chi connectivity index (χ1v) is 16.0. The van der Waals surface area contributed by atoms with Gasteiger partial charge in [-0.2, -0.15) is 4.31 Å². The Kier molecular flexibility index (Phi) is 7.48. The Bertz CT molecular complexity index is 1770. The Hall–Kier alpha value is -3.83. The summed E-state index contributed by atoms with van der Waals surface area (Å²) in [6.45, 7) is 7.99. The molecule has 0 bridgehead atoms. The molecule has 4 heterocycles. The van der Waals surface area contributed by atoms with Gasteiger partial charge in [0.05, 0.1) is 11.9 Å². The number of hydrogen-bond acceptors (Lipinski definition) is 7. The van der Waals surface area contributed by atoms with Crippen molar-refractivity contribution in [2.45, 2.75) is 76.4 Å². The first kappa shape index (κ1) is 28.3. The number of piperidine rings is 1. The van der Waals surface area contributed by atoms with Gasteiger partial charge in [0.2, 0.25) is 10.0 Å².